The lowest BCUT2D eigenvalue weighted by molar-refractivity contribution is -0.107. The third-order valence-corrected chi connectivity index (χ3v) is 12.8. The minimum atomic E-state index is 0.350. The summed E-state index contributed by atoms with van der Waals surface area (Å²) in [7, 11) is 0. The highest BCUT2D eigenvalue weighted by Crippen LogP contribution is 2.71. The average Bonchev–Trinajstić information content (AvgIpc) is 3.96. The molecule has 0 amide bonds. The summed E-state index contributed by atoms with van der Waals surface area (Å²) in [6.45, 7) is 6.12. The van der Waals surface area contributed by atoms with Gasteiger partial charge in [0.15, 0.2) is 0 Å². The molecular formula is C35H58O6. The van der Waals surface area contributed by atoms with E-state index in [1.54, 1.807) is 0 Å². The van der Waals surface area contributed by atoms with E-state index in [2.05, 4.69) is 0 Å². The fourth-order valence-electron chi connectivity index (χ4n) is 11.2. The van der Waals surface area contributed by atoms with Crippen LogP contribution >= 0.6 is 0 Å². The van der Waals surface area contributed by atoms with E-state index in [1.165, 1.54) is 103 Å². The average molecular weight is 575 g/mol. The molecule has 234 valence electrons. The third-order valence-electron chi connectivity index (χ3n) is 12.8. The van der Waals surface area contributed by atoms with Gasteiger partial charge < -0.3 is 28.4 Å². The minimum Gasteiger partial charge on any atom is -0.376 e. The zero-order valence-electron chi connectivity index (χ0n) is 25.7. The van der Waals surface area contributed by atoms with Gasteiger partial charge in [-0.2, -0.15) is 0 Å². The molecule has 0 bridgehead atoms. The molecule has 0 N–H and O–H groups in total. The second kappa shape index (κ2) is 13.8. The molecule has 0 aromatic carbocycles. The SMILES string of the molecule is C1CCC2C(C1)C1CCCCC1C2(C1CCC(OCCOCC2CO2)CC1)C1CCC(OCCOCC2CO2)CC1. The second-order valence-electron chi connectivity index (χ2n) is 14.9. The maximum atomic E-state index is 6.37. The summed E-state index contributed by atoms with van der Waals surface area (Å²) >= 11 is 0. The van der Waals surface area contributed by atoms with Gasteiger partial charge in [-0.15, -0.1) is 0 Å². The molecule has 41 heavy (non-hydrogen) atoms. The van der Waals surface area contributed by atoms with Gasteiger partial charge in [0.2, 0.25) is 0 Å². The zero-order chi connectivity index (χ0) is 27.5. The van der Waals surface area contributed by atoms with Crippen LogP contribution in [0.3, 0.4) is 0 Å². The lowest BCUT2D eigenvalue weighted by Crippen LogP contribution is -2.51. The standard InChI is InChI=1S/C35H58O6/c1-3-7-33-31(5-1)32-6-2-4-8-34(32)35(33,25-9-13-27(14-10-25)38-19-17-36-21-29-23-40-29)26-11-15-28(16-12-26)39-20-18-37-22-30-24-41-30/h25-34H,1-24H2. The van der Waals surface area contributed by atoms with Crippen molar-refractivity contribution in [2.45, 2.75) is 127 Å². The Hall–Kier alpha value is -0.240. The van der Waals surface area contributed by atoms with E-state index < -0.39 is 0 Å². The zero-order valence-corrected chi connectivity index (χ0v) is 25.7. The van der Waals surface area contributed by atoms with Gasteiger partial charge in [0.1, 0.15) is 12.2 Å². The number of hydrogen-bond acceptors (Lipinski definition) is 6. The third kappa shape index (κ3) is 6.73. The number of fused-ring (bicyclic) bond motifs is 3. The molecule has 5 saturated carbocycles. The number of ether oxygens (including phenoxy) is 6. The van der Waals surface area contributed by atoms with Gasteiger partial charge in [-0.1, -0.05) is 25.7 Å². The Labute approximate surface area is 249 Å². The van der Waals surface area contributed by atoms with E-state index in [4.69, 9.17) is 28.4 Å². The maximum absolute atomic E-state index is 6.37. The molecule has 0 radical (unpaired) electrons. The van der Waals surface area contributed by atoms with Crippen molar-refractivity contribution in [3.8, 4) is 0 Å². The predicted octanol–water partition coefficient (Wildman–Crippen LogP) is 6.58. The molecule has 6 unspecified atom stereocenters. The van der Waals surface area contributed by atoms with Crippen molar-refractivity contribution in [2.75, 3.05) is 52.9 Å². The van der Waals surface area contributed by atoms with E-state index in [9.17, 15) is 0 Å². The minimum absolute atomic E-state index is 0.350. The highest BCUT2D eigenvalue weighted by atomic mass is 16.6. The Balaban J connectivity index is 0.989. The number of epoxide rings is 2. The first-order chi connectivity index (χ1) is 20.3. The lowest BCUT2D eigenvalue weighted by Gasteiger charge is -2.57. The second-order valence-corrected chi connectivity index (χ2v) is 14.9. The topological polar surface area (TPSA) is 62.0 Å². The quantitative estimate of drug-likeness (QED) is 0.173. The maximum Gasteiger partial charge on any atom is 0.104 e. The van der Waals surface area contributed by atoms with Crippen molar-refractivity contribution >= 4 is 0 Å². The molecule has 6 heteroatoms. The van der Waals surface area contributed by atoms with Crippen LogP contribution < -0.4 is 0 Å². The summed E-state index contributed by atoms with van der Waals surface area (Å²) in [4.78, 5) is 0. The van der Waals surface area contributed by atoms with Crippen molar-refractivity contribution < 1.29 is 28.4 Å². The molecule has 0 aromatic rings. The van der Waals surface area contributed by atoms with Crippen molar-refractivity contribution in [1.29, 1.82) is 0 Å². The van der Waals surface area contributed by atoms with Crippen molar-refractivity contribution in [2.24, 2.45) is 40.9 Å². The van der Waals surface area contributed by atoms with Gasteiger partial charge in [-0.3, -0.25) is 0 Å². The van der Waals surface area contributed by atoms with Gasteiger partial charge in [-0.05, 0) is 118 Å². The van der Waals surface area contributed by atoms with Crippen LogP contribution in [0.15, 0.2) is 0 Å². The molecule has 0 aromatic heterocycles. The van der Waals surface area contributed by atoms with E-state index >= 15 is 0 Å². The summed E-state index contributed by atoms with van der Waals surface area (Å²) in [6.07, 6.45) is 24.3. The molecule has 7 rings (SSSR count). The van der Waals surface area contributed by atoms with Gasteiger partial charge in [0.25, 0.3) is 0 Å². The predicted molar refractivity (Wildman–Crippen MR) is 158 cm³/mol. The van der Waals surface area contributed by atoms with Crippen molar-refractivity contribution in [3.05, 3.63) is 0 Å². The van der Waals surface area contributed by atoms with Gasteiger partial charge in [-0.25, -0.2) is 0 Å². The van der Waals surface area contributed by atoms with Crippen LogP contribution in [0.5, 0.6) is 0 Å². The van der Waals surface area contributed by atoms with Crippen LogP contribution in [-0.4, -0.2) is 77.3 Å². The number of hydrogen-bond donors (Lipinski definition) is 0. The molecule has 7 aliphatic rings. The van der Waals surface area contributed by atoms with E-state index in [-0.39, 0.29) is 0 Å². The Morgan fingerprint density at radius 2 is 0.902 bits per heavy atom. The molecule has 7 fully saturated rings. The Kier molecular flexibility index (Phi) is 9.93. The summed E-state index contributed by atoms with van der Waals surface area (Å²) in [5.41, 5.74) is 0.590. The monoisotopic (exact) mass is 574 g/mol. The van der Waals surface area contributed by atoms with E-state index in [0.29, 0.717) is 43.0 Å². The summed E-state index contributed by atoms with van der Waals surface area (Å²) < 4.78 is 34.8. The molecule has 6 atom stereocenters. The van der Waals surface area contributed by atoms with Crippen LogP contribution in [0, 0.1) is 40.9 Å². The largest absolute Gasteiger partial charge is 0.376 e. The van der Waals surface area contributed by atoms with Crippen LogP contribution in [0.1, 0.15) is 103 Å². The van der Waals surface area contributed by atoms with Crippen LogP contribution in [0.25, 0.3) is 0 Å². The molecule has 5 aliphatic carbocycles. The van der Waals surface area contributed by atoms with E-state index in [1.807, 2.05) is 0 Å². The fourth-order valence-corrected chi connectivity index (χ4v) is 11.2. The van der Waals surface area contributed by atoms with Gasteiger partial charge >= 0.3 is 0 Å². The first kappa shape index (κ1) is 29.5. The fraction of sp³-hybridized carbons (Fsp3) is 1.00. The molecular weight excluding hydrogens is 516 g/mol. The Bertz CT molecular complexity index is 730. The molecule has 2 saturated heterocycles. The molecule has 0 spiro atoms. The smallest absolute Gasteiger partial charge is 0.104 e. The van der Waals surface area contributed by atoms with Crippen molar-refractivity contribution in [3.63, 3.8) is 0 Å². The Morgan fingerprint density at radius 1 is 0.488 bits per heavy atom. The van der Waals surface area contributed by atoms with Crippen molar-refractivity contribution in [1.82, 2.24) is 0 Å². The van der Waals surface area contributed by atoms with Crippen LogP contribution in [-0.2, 0) is 28.4 Å². The summed E-state index contributed by atoms with van der Waals surface area (Å²) in [6, 6.07) is 0. The van der Waals surface area contributed by atoms with Gasteiger partial charge in [0.05, 0.1) is 65.1 Å². The first-order valence-electron chi connectivity index (χ1n) is 17.9. The summed E-state index contributed by atoms with van der Waals surface area (Å²) in [5.74, 6) is 5.85. The molecule has 6 nitrogen and oxygen atoms in total. The van der Waals surface area contributed by atoms with Crippen LogP contribution in [0.2, 0.25) is 0 Å². The lowest BCUT2D eigenvalue weighted by atomic mass is 9.48. The van der Waals surface area contributed by atoms with Gasteiger partial charge in [0, 0.05) is 0 Å². The van der Waals surface area contributed by atoms with E-state index in [0.717, 1.165) is 75.1 Å². The first-order valence-corrected chi connectivity index (χ1v) is 17.9. The number of rotatable bonds is 14. The highest BCUT2D eigenvalue weighted by molar-refractivity contribution is 5.13. The van der Waals surface area contributed by atoms with Crippen LogP contribution in [0.4, 0.5) is 0 Å². The molecule has 2 heterocycles. The normalized spacial score (nSPS) is 45.7. The summed E-state index contributed by atoms with van der Waals surface area (Å²) in [5, 5.41) is 0. The molecule has 2 aliphatic heterocycles. The highest BCUT2D eigenvalue weighted by Gasteiger charge is 2.65. The Morgan fingerprint density at radius 3 is 1.32 bits per heavy atom.